The van der Waals surface area contributed by atoms with Crippen molar-refractivity contribution in [3.63, 3.8) is 0 Å². The van der Waals surface area contributed by atoms with E-state index >= 15 is 0 Å². The van der Waals surface area contributed by atoms with Crippen molar-refractivity contribution in [3.05, 3.63) is 0 Å². The van der Waals surface area contributed by atoms with E-state index in [9.17, 15) is 9.90 Å². The molecule has 0 aromatic heterocycles. The van der Waals surface area contributed by atoms with Crippen LogP contribution in [0.2, 0.25) is 0 Å². The molecule has 1 aliphatic carbocycles. The fourth-order valence-corrected chi connectivity index (χ4v) is 4.01. The lowest BCUT2D eigenvalue weighted by Gasteiger charge is -2.41. The van der Waals surface area contributed by atoms with Gasteiger partial charge in [0.1, 0.15) is 0 Å². The monoisotopic (exact) mass is 311 g/mol. The van der Waals surface area contributed by atoms with Gasteiger partial charge in [-0.25, -0.2) is 0 Å². The van der Waals surface area contributed by atoms with E-state index in [2.05, 4.69) is 9.80 Å². The number of hydrogen-bond acceptors (Lipinski definition) is 5. The molecule has 0 spiro atoms. The molecule has 126 valence electrons. The first kappa shape index (κ1) is 16.2. The van der Waals surface area contributed by atoms with Crippen molar-refractivity contribution in [2.75, 3.05) is 52.5 Å². The van der Waals surface area contributed by atoms with E-state index in [0.29, 0.717) is 6.04 Å². The van der Waals surface area contributed by atoms with Gasteiger partial charge < -0.3 is 14.7 Å². The lowest BCUT2D eigenvalue weighted by atomic mass is 10.1. The molecule has 3 rings (SSSR count). The summed E-state index contributed by atoms with van der Waals surface area (Å²) in [7, 11) is 0. The number of hydrogen-bond donors (Lipinski definition) is 1. The van der Waals surface area contributed by atoms with Gasteiger partial charge in [0.05, 0.1) is 25.4 Å². The summed E-state index contributed by atoms with van der Waals surface area (Å²) in [6, 6.07) is 0.265. The second kappa shape index (κ2) is 7.25. The topological polar surface area (TPSA) is 56.2 Å². The highest BCUT2D eigenvalue weighted by molar-refractivity contribution is 5.81. The number of morpholine rings is 1. The lowest BCUT2D eigenvalue weighted by Crippen LogP contribution is -2.57. The molecule has 3 fully saturated rings. The van der Waals surface area contributed by atoms with Crippen LogP contribution in [0.3, 0.4) is 0 Å². The van der Waals surface area contributed by atoms with E-state index in [1.807, 2.05) is 11.8 Å². The fraction of sp³-hybridized carbons (Fsp3) is 0.938. The van der Waals surface area contributed by atoms with E-state index in [1.54, 1.807) is 0 Å². The fourth-order valence-electron chi connectivity index (χ4n) is 4.01. The Kier molecular flexibility index (Phi) is 5.33. The zero-order chi connectivity index (χ0) is 15.5. The zero-order valence-electron chi connectivity index (χ0n) is 13.6. The van der Waals surface area contributed by atoms with Crippen molar-refractivity contribution in [1.82, 2.24) is 14.7 Å². The molecule has 1 amide bonds. The van der Waals surface area contributed by atoms with Gasteiger partial charge in [-0.3, -0.25) is 14.6 Å². The number of amides is 1. The van der Waals surface area contributed by atoms with Gasteiger partial charge >= 0.3 is 0 Å². The zero-order valence-corrected chi connectivity index (χ0v) is 13.6. The number of carbonyl (C=O) groups excluding carboxylic acids is 1. The van der Waals surface area contributed by atoms with E-state index in [-0.39, 0.29) is 18.1 Å². The minimum Gasteiger partial charge on any atom is -0.391 e. The molecule has 6 heteroatoms. The summed E-state index contributed by atoms with van der Waals surface area (Å²) in [5.41, 5.74) is 0. The molecule has 1 N–H and O–H groups in total. The first-order valence-electron chi connectivity index (χ1n) is 8.69. The van der Waals surface area contributed by atoms with E-state index in [4.69, 9.17) is 4.74 Å². The number of rotatable bonds is 3. The van der Waals surface area contributed by atoms with Gasteiger partial charge in [0.25, 0.3) is 0 Å². The maximum atomic E-state index is 12.7. The Balaban J connectivity index is 1.49. The van der Waals surface area contributed by atoms with Gasteiger partial charge in [0.2, 0.25) is 5.91 Å². The molecule has 3 aliphatic rings. The van der Waals surface area contributed by atoms with Crippen molar-refractivity contribution in [2.24, 2.45) is 0 Å². The summed E-state index contributed by atoms with van der Waals surface area (Å²) < 4.78 is 5.36. The second-order valence-electron chi connectivity index (χ2n) is 6.75. The molecule has 6 nitrogen and oxygen atoms in total. The number of ether oxygens (including phenoxy) is 1. The molecule has 1 saturated carbocycles. The van der Waals surface area contributed by atoms with Crippen LogP contribution < -0.4 is 0 Å². The Hall–Kier alpha value is -0.690. The summed E-state index contributed by atoms with van der Waals surface area (Å²) in [5, 5.41) is 10.0. The molecule has 2 saturated heterocycles. The number of aliphatic hydroxyl groups is 1. The summed E-state index contributed by atoms with van der Waals surface area (Å²) >= 11 is 0. The first-order chi connectivity index (χ1) is 10.7. The van der Waals surface area contributed by atoms with E-state index < -0.39 is 0 Å². The average molecular weight is 311 g/mol. The molecule has 22 heavy (non-hydrogen) atoms. The molecule has 3 atom stereocenters. The Morgan fingerprint density at radius 3 is 2.36 bits per heavy atom. The third kappa shape index (κ3) is 3.45. The van der Waals surface area contributed by atoms with Crippen LogP contribution >= 0.6 is 0 Å². The molecular formula is C16H29N3O3. The van der Waals surface area contributed by atoms with Gasteiger partial charge in [-0.05, 0) is 26.2 Å². The van der Waals surface area contributed by atoms with Crippen LogP contribution in [-0.4, -0.2) is 96.4 Å². The minimum atomic E-state index is -0.172. The van der Waals surface area contributed by atoms with Crippen LogP contribution in [0.1, 0.15) is 26.2 Å². The van der Waals surface area contributed by atoms with Crippen LogP contribution in [0, 0.1) is 0 Å². The Morgan fingerprint density at radius 1 is 1.09 bits per heavy atom. The SMILES string of the molecule is CC(C(=O)N1CCN(C2CCCC2O)CC1)N1CCOCC1. The second-order valence-corrected chi connectivity index (χ2v) is 6.75. The Labute approximate surface area is 133 Å². The number of piperazine rings is 1. The number of carbonyl (C=O) groups is 1. The van der Waals surface area contributed by atoms with Crippen molar-refractivity contribution in [3.8, 4) is 0 Å². The van der Waals surface area contributed by atoms with E-state index in [1.165, 1.54) is 0 Å². The van der Waals surface area contributed by atoms with Crippen LogP contribution in [-0.2, 0) is 9.53 Å². The Bertz CT molecular complexity index is 379. The van der Waals surface area contributed by atoms with Crippen molar-refractivity contribution in [1.29, 1.82) is 0 Å². The molecule has 2 heterocycles. The third-order valence-electron chi connectivity index (χ3n) is 5.49. The first-order valence-corrected chi connectivity index (χ1v) is 8.69. The third-order valence-corrected chi connectivity index (χ3v) is 5.49. The van der Waals surface area contributed by atoms with Crippen LogP contribution in [0.4, 0.5) is 0 Å². The number of aliphatic hydroxyl groups excluding tert-OH is 1. The molecular weight excluding hydrogens is 282 g/mol. The maximum absolute atomic E-state index is 12.7. The van der Waals surface area contributed by atoms with Crippen molar-refractivity contribution < 1.29 is 14.6 Å². The molecule has 0 aromatic carbocycles. The van der Waals surface area contributed by atoms with Crippen LogP contribution in [0.25, 0.3) is 0 Å². The summed E-state index contributed by atoms with van der Waals surface area (Å²) in [6.07, 6.45) is 2.98. The summed E-state index contributed by atoms with van der Waals surface area (Å²) in [4.78, 5) is 19.3. The predicted molar refractivity (Wildman–Crippen MR) is 83.7 cm³/mol. The largest absolute Gasteiger partial charge is 0.391 e. The number of nitrogens with zero attached hydrogens (tertiary/aromatic N) is 3. The predicted octanol–water partition coefficient (Wildman–Crippen LogP) is -0.235. The van der Waals surface area contributed by atoms with Crippen molar-refractivity contribution in [2.45, 2.75) is 44.4 Å². The van der Waals surface area contributed by atoms with Gasteiger partial charge in [0.15, 0.2) is 0 Å². The maximum Gasteiger partial charge on any atom is 0.239 e. The highest BCUT2D eigenvalue weighted by atomic mass is 16.5. The average Bonchev–Trinajstić information content (AvgIpc) is 3.00. The van der Waals surface area contributed by atoms with Gasteiger partial charge in [0, 0.05) is 45.3 Å². The standard InChI is InChI=1S/C16H29N3O3/c1-13(17-9-11-22-12-10-17)16(21)19-7-5-18(6-8-19)14-3-2-4-15(14)20/h13-15,20H,2-12H2,1H3. The minimum absolute atomic E-state index is 0.0486. The van der Waals surface area contributed by atoms with E-state index in [0.717, 1.165) is 71.7 Å². The lowest BCUT2D eigenvalue weighted by molar-refractivity contribution is -0.140. The highest BCUT2D eigenvalue weighted by Crippen LogP contribution is 2.25. The molecule has 3 unspecified atom stereocenters. The van der Waals surface area contributed by atoms with Gasteiger partial charge in [-0.2, -0.15) is 0 Å². The van der Waals surface area contributed by atoms with Gasteiger partial charge in [-0.1, -0.05) is 0 Å². The summed E-state index contributed by atoms with van der Waals surface area (Å²) in [5.74, 6) is 0.244. The van der Waals surface area contributed by atoms with Gasteiger partial charge in [-0.15, -0.1) is 0 Å². The van der Waals surface area contributed by atoms with Crippen LogP contribution in [0.5, 0.6) is 0 Å². The van der Waals surface area contributed by atoms with Crippen LogP contribution in [0.15, 0.2) is 0 Å². The highest BCUT2D eigenvalue weighted by Gasteiger charge is 2.35. The molecule has 0 bridgehead atoms. The Morgan fingerprint density at radius 2 is 1.77 bits per heavy atom. The quantitative estimate of drug-likeness (QED) is 0.780. The smallest absolute Gasteiger partial charge is 0.239 e. The molecule has 2 aliphatic heterocycles. The molecule has 0 aromatic rings. The molecule has 0 radical (unpaired) electrons. The normalized spacial score (nSPS) is 33.1. The van der Waals surface area contributed by atoms with Crippen molar-refractivity contribution >= 4 is 5.91 Å². The summed E-state index contributed by atoms with van der Waals surface area (Å²) in [6.45, 7) is 8.53.